The molecule has 0 atom stereocenters. The number of amides is 1. The van der Waals surface area contributed by atoms with Crippen LogP contribution in [0.15, 0.2) is 48.5 Å². The van der Waals surface area contributed by atoms with Crippen LogP contribution in [0.1, 0.15) is 15.2 Å². The summed E-state index contributed by atoms with van der Waals surface area (Å²) < 4.78 is 5.73. The minimum Gasteiger partial charge on any atom is -0.451 e. The molecule has 0 saturated heterocycles. The van der Waals surface area contributed by atoms with E-state index in [4.69, 9.17) is 16.3 Å². The third-order valence-electron chi connectivity index (χ3n) is 3.65. The number of nitrogens with one attached hydrogen (secondary N) is 1. The molecule has 0 aliphatic carbocycles. The zero-order valence-corrected chi connectivity index (χ0v) is 15.4. The normalized spacial score (nSPS) is 10.6. The second-order valence-electron chi connectivity index (χ2n) is 5.57. The van der Waals surface area contributed by atoms with Gasteiger partial charge in [0.15, 0.2) is 6.61 Å². The van der Waals surface area contributed by atoms with E-state index in [1.54, 1.807) is 30.3 Å². The van der Waals surface area contributed by atoms with Crippen LogP contribution in [0.3, 0.4) is 0 Å². The van der Waals surface area contributed by atoms with E-state index in [0.717, 1.165) is 21.6 Å². The number of hydrogen-bond donors (Lipinski definition) is 1. The molecule has 2 aromatic carbocycles. The van der Waals surface area contributed by atoms with Gasteiger partial charge in [-0.3, -0.25) is 14.9 Å². The minimum absolute atomic E-state index is 0.0539. The van der Waals surface area contributed by atoms with Crippen LogP contribution in [0, 0.1) is 10.1 Å². The maximum atomic E-state index is 12.1. The number of nitrogens with zero attached hydrogens (tertiary/aromatic N) is 1. The van der Waals surface area contributed by atoms with Crippen LogP contribution in [0.4, 0.5) is 5.69 Å². The summed E-state index contributed by atoms with van der Waals surface area (Å²) in [5, 5.41) is 14.6. The molecule has 1 heterocycles. The van der Waals surface area contributed by atoms with Gasteiger partial charge in [-0.1, -0.05) is 23.7 Å². The standard InChI is InChI=1S/C18H13ClN2O5S/c19-13-3-1-11(2-4-13)9-20-17(22)10-26-18(23)16-8-12-7-14(21(24)25)5-6-15(12)27-16/h1-8H,9-10H2,(H,20,22). The maximum absolute atomic E-state index is 12.1. The molecule has 1 amide bonds. The highest BCUT2D eigenvalue weighted by molar-refractivity contribution is 7.20. The Balaban J connectivity index is 1.55. The van der Waals surface area contributed by atoms with Crippen LogP contribution in [0.2, 0.25) is 5.02 Å². The second-order valence-corrected chi connectivity index (χ2v) is 7.09. The molecular formula is C18H13ClN2O5S. The van der Waals surface area contributed by atoms with Crippen molar-refractivity contribution in [2.24, 2.45) is 0 Å². The van der Waals surface area contributed by atoms with Crippen molar-refractivity contribution in [3.63, 3.8) is 0 Å². The van der Waals surface area contributed by atoms with Crippen molar-refractivity contribution in [2.75, 3.05) is 6.61 Å². The molecular weight excluding hydrogens is 392 g/mol. The van der Waals surface area contributed by atoms with Crippen molar-refractivity contribution in [3.8, 4) is 0 Å². The number of halogens is 1. The van der Waals surface area contributed by atoms with Crippen molar-refractivity contribution < 1.29 is 19.2 Å². The van der Waals surface area contributed by atoms with E-state index >= 15 is 0 Å². The fourth-order valence-electron chi connectivity index (χ4n) is 2.30. The van der Waals surface area contributed by atoms with Gasteiger partial charge in [-0.2, -0.15) is 0 Å². The molecule has 3 rings (SSSR count). The van der Waals surface area contributed by atoms with E-state index in [1.165, 1.54) is 18.2 Å². The highest BCUT2D eigenvalue weighted by atomic mass is 35.5. The number of esters is 1. The van der Waals surface area contributed by atoms with Gasteiger partial charge in [0, 0.05) is 33.8 Å². The van der Waals surface area contributed by atoms with Crippen molar-refractivity contribution in [2.45, 2.75) is 6.54 Å². The van der Waals surface area contributed by atoms with Gasteiger partial charge in [0.1, 0.15) is 4.88 Å². The summed E-state index contributed by atoms with van der Waals surface area (Å²) in [5.74, 6) is -1.09. The van der Waals surface area contributed by atoms with Gasteiger partial charge < -0.3 is 10.1 Å². The molecule has 0 fully saturated rings. The first-order valence-corrected chi connectivity index (χ1v) is 8.98. The number of ether oxygens (including phenoxy) is 1. The number of nitro groups is 1. The van der Waals surface area contributed by atoms with Crippen molar-refractivity contribution >= 4 is 50.6 Å². The first-order chi connectivity index (χ1) is 12.9. The van der Waals surface area contributed by atoms with Gasteiger partial charge in [-0.05, 0) is 29.8 Å². The number of non-ortho nitro benzene ring substituents is 1. The number of benzene rings is 2. The highest BCUT2D eigenvalue weighted by Crippen LogP contribution is 2.29. The lowest BCUT2D eigenvalue weighted by Crippen LogP contribution is -2.28. The molecule has 0 unspecified atom stereocenters. The van der Waals surface area contributed by atoms with Crippen LogP contribution in [0.25, 0.3) is 10.1 Å². The first kappa shape index (κ1) is 18.8. The Morgan fingerprint density at radius 2 is 1.89 bits per heavy atom. The van der Waals surface area contributed by atoms with Crippen LogP contribution < -0.4 is 5.32 Å². The first-order valence-electron chi connectivity index (χ1n) is 7.78. The predicted molar refractivity (Wildman–Crippen MR) is 102 cm³/mol. The lowest BCUT2D eigenvalue weighted by molar-refractivity contribution is -0.384. The molecule has 9 heteroatoms. The van der Waals surface area contributed by atoms with E-state index < -0.39 is 23.4 Å². The molecule has 0 aliphatic rings. The number of hydrogen-bond acceptors (Lipinski definition) is 6. The zero-order valence-electron chi connectivity index (χ0n) is 13.8. The molecule has 3 aromatic rings. The Morgan fingerprint density at radius 1 is 1.15 bits per heavy atom. The van der Waals surface area contributed by atoms with Gasteiger partial charge in [0.25, 0.3) is 11.6 Å². The number of fused-ring (bicyclic) bond motifs is 1. The predicted octanol–water partition coefficient (Wildman–Crippen LogP) is 3.94. The van der Waals surface area contributed by atoms with E-state index in [-0.39, 0.29) is 10.6 Å². The number of carbonyl (C=O) groups is 2. The number of nitro benzene ring substituents is 1. The van der Waals surface area contributed by atoms with Crippen LogP contribution in [-0.4, -0.2) is 23.4 Å². The monoisotopic (exact) mass is 404 g/mol. The summed E-state index contributed by atoms with van der Waals surface area (Å²) in [5.41, 5.74) is 0.812. The van der Waals surface area contributed by atoms with Gasteiger partial charge in [0.05, 0.1) is 4.92 Å². The zero-order chi connectivity index (χ0) is 19.4. The quantitative estimate of drug-likeness (QED) is 0.381. The largest absolute Gasteiger partial charge is 0.451 e. The highest BCUT2D eigenvalue weighted by Gasteiger charge is 2.15. The Hall–Kier alpha value is -2.97. The Bertz CT molecular complexity index is 1020. The fourth-order valence-corrected chi connectivity index (χ4v) is 3.36. The van der Waals surface area contributed by atoms with Gasteiger partial charge >= 0.3 is 5.97 Å². The van der Waals surface area contributed by atoms with Gasteiger partial charge in [-0.15, -0.1) is 11.3 Å². The lowest BCUT2D eigenvalue weighted by Gasteiger charge is -2.06. The SMILES string of the molecule is O=C(COC(=O)c1cc2cc([N+](=O)[O-])ccc2s1)NCc1ccc(Cl)cc1. The topological polar surface area (TPSA) is 98.5 Å². The summed E-state index contributed by atoms with van der Waals surface area (Å²) in [6.07, 6.45) is 0. The lowest BCUT2D eigenvalue weighted by atomic mass is 10.2. The number of rotatable bonds is 6. The summed E-state index contributed by atoms with van der Waals surface area (Å²) in [6.45, 7) is -0.124. The van der Waals surface area contributed by atoms with Crippen molar-refractivity contribution in [3.05, 3.63) is 74.1 Å². The molecule has 0 bridgehead atoms. The molecule has 7 nitrogen and oxygen atoms in total. The molecule has 0 spiro atoms. The third-order valence-corrected chi connectivity index (χ3v) is 5.00. The van der Waals surface area contributed by atoms with Crippen molar-refractivity contribution in [1.29, 1.82) is 0 Å². The Labute approximate surface area is 162 Å². The molecule has 27 heavy (non-hydrogen) atoms. The molecule has 1 N–H and O–H groups in total. The minimum atomic E-state index is -0.652. The van der Waals surface area contributed by atoms with Gasteiger partial charge in [0.2, 0.25) is 0 Å². The van der Waals surface area contributed by atoms with E-state index in [1.807, 2.05) is 0 Å². The van der Waals surface area contributed by atoms with Crippen LogP contribution in [0.5, 0.6) is 0 Å². The summed E-state index contributed by atoms with van der Waals surface area (Å²) in [7, 11) is 0. The summed E-state index contributed by atoms with van der Waals surface area (Å²) in [6, 6.07) is 12.9. The second kappa shape index (κ2) is 8.15. The van der Waals surface area contributed by atoms with Gasteiger partial charge in [-0.25, -0.2) is 4.79 Å². The average Bonchev–Trinajstić information content (AvgIpc) is 3.09. The fraction of sp³-hybridized carbons (Fsp3) is 0.111. The van der Waals surface area contributed by atoms with Crippen LogP contribution in [-0.2, 0) is 16.1 Å². The molecule has 138 valence electrons. The molecule has 0 saturated carbocycles. The van der Waals surface area contributed by atoms with E-state index in [0.29, 0.717) is 17.0 Å². The summed E-state index contributed by atoms with van der Waals surface area (Å²) >= 11 is 6.94. The Morgan fingerprint density at radius 3 is 2.59 bits per heavy atom. The van der Waals surface area contributed by atoms with E-state index in [2.05, 4.69) is 5.32 Å². The average molecular weight is 405 g/mol. The van der Waals surface area contributed by atoms with Crippen molar-refractivity contribution in [1.82, 2.24) is 5.32 Å². The molecule has 0 aliphatic heterocycles. The molecule has 0 radical (unpaired) electrons. The maximum Gasteiger partial charge on any atom is 0.348 e. The Kier molecular flexibility index (Phi) is 5.68. The van der Waals surface area contributed by atoms with E-state index in [9.17, 15) is 19.7 Å². The smallest absolute Gasteiger partial charge is 0.348 e. The van der Waals surface area contributed by atoms with Crippen LogP contribution >= 0.6 is 22.9 Å². The number of carbonyl (C=O) groups excluding carboxylic acids is 2. The molecule has 1 aromatic heterocycles. The third kappa shape index (κ3) is 4.81. The number of thiophene rings is 1. The summed E-state index contributed by atoms with van der Waals surface area (Å²) in [4.78, 5) is 34.5.